The van der Waals surface area contributed by atoms with Crippen LogP contribution in [0.5, 0.6) is 0 Å². The van der Waals surface area contributed by atoms with Crippen molar-refractivity contribution in [2.75, 3.05) is 13.2 Å². The molecular formula is C8H18NO5+. The molecule has 1 aliphatic heterocycles. The molecule has 0 amide bonds. The van der Waals surface area contributed by atoms with E-state index >= 15 is 0 Å². The second-order valence-electron chi connectivity index (χ2n) is 3.51. The maximum atomic E-state index is 9.51. The number of aliphatic hydroxyl groups excluding tert-OH is 4. The second kappa shape index (κ2) is 5.01. The molecule has 4 unspecified atom stereocenters. The average Bonchev–Trinajstić information content (AvgIpc) is 2.19. The van der Waals surface area contributed by atoms with Crippen molar-refractivity contribution in [3.63, 3.8) is 0 Å². The van der Waals surface area contributed by atoms with Gasteiger partial charge < -0.3 is 30.9 Å². The monoisotopic (exact) mass is 208 g/mol. The Morgan fingerprint density at radius 1 is 1.00 bits per heavy atom. The number of quaternary nitrogens is 1. The molecule has 6 heteroatoms. The molecule has 1 heterocycles. The Bertz CT molecular complexity index is 175. The summed E-state index contributed by atoms with van der Waals surface area (Å²) < 4.78 is 5.22. The lowest BCUT2D eigenvalue weighted by Gasteiger charge is -2.39. The average molecular weight is 208 g/mol. The Balaban J connectivity index is 2.63. The van der Waals surface area contributed by atoms with Gasteiger partial charge in [-0.05, 0) is 0 Å². The van der Waals surface area contributed by atoms with E-state index < -0.39 is 30.5 Å². The molecule has 14 heavy (non-hydrogen) atoms. The molecule has 1 aliphatic rings. The van der Waals surface area contributed by atoms with E-state index in [9.17, 15) is 15.3 Å². The molecule has 5 atom stereocenters. The van der Waals surface area contributed by atoms with Gasteiger partial charge in [-0.3, -0.25) is 0 Å². The Kier molecular flexibility index (Phi) is 4.24. The summed E-state index contributed by atoms with van der Waals surface area (Å²) in [4.78, 5) is 0. The third kappa shape index (κ3) is 2.22. The van der Waals surface area contributed by atoms with Crippen LogP contribution in [-0.4, -0.2) is 64.1 Å². The summed E-state index contributed by atoms with van der Waals surface area (Å²) >= 11 is 0. The number of aliphatic hydroxyl groups is 4. The van der Waals surface area contributed by atoms with Gasteiger partial charge in [0.15, 0.2) is 0 Å². The van der Waals surface area contributed by atoms with Gasteiger partial charge in [0.25, 0.3) is 0 Å². The maximum Gasteiger partial charge on any atom is 0.111 e. The fourth-order valence-corrected chi connectivity index (χ4v) is 1.62. The van der Waals surface area contributed by atoms with Gasteiger partial charge in [0.05, 0.1) is 19.3 Å². The topological polar surface area (TPSA) is 118 Å². The van der Waals surface area contributed by atoms with Crippen LogP contribution in [0.4, 0.5) is 0 Å². The number of hydrogen-bond donors (Lipinski definition) is 5. The predicted molar refractivity (Wildman–Crippen MR) is 46.1 cm³/mol. The molecule has 0 aliphatic carbocycles. The number of rotatable bonds is 3. The Hall–Kier alpha value is -0.240. The van der Waals surface area contributed by atoms with E-state index in [0.29, 0.717) is 13.0 Å². The molecule has 6 nitrogen and oxygen atoms in total. The Morgan fingerprint density at radius 3 is 2.07 bits per heavy atom. The van der Waals surface area contributed by atoms with Crippen molar-refractivity contribution in [3.8, 4) is 0 Å². The van der Waals surface area contributed by atoms with Crippen molar-refractivity contribution < 1.29 is 30.9 Å². The summed E-state index contributed by atoms with van der Waals surface area (Å²) in [7, 11) is 0. The molecular weight excluding hydrogens is 190 g/mol. The van der Waals surface area contributed by atoms with E-state index in [4.69, 9.17) is 9.84 Å². The summed E-state index contributed by atoms with van der Waals surface area (Å²) in [6.07, 6.45) is -4.53. The van der Waals surface area contributed by atoms with E-state index in [1.54, 1.807) is 0 Å². The van der Waals surface area contributed by atoms with Crippen molar-refractivity contribution in [1.82, 2.24) is 0 Å². The highest BCUT2D eigenvalue weighted by atomic mass is 16.5. The van der Waals surface area contributed by atoms with Crippen LogP contribution in [0.3, 0.4) is 0 Å². The first-order chi connectivity index (χ1) is 6.61. The van der Waals surface area contributed by atoms with Crippen LogP contribution in [0.2, 0.25) is 0 Å². The molecule has 7 N–H and O–H groups in total. The zero-order valence-corrected chi connectivity index (χ0v) is 7.91. The minimum atomic E-state index is -1.27. The van der Waals surface area contributed by atoms with E-state index in [2.05, 4.69) is 5.73 Å². The van der Waals surface area contributed by atoms with Crippen LogP contribution in [0, 0.1) is 0 Å². The molecule has 0 aromatic rings. The highest BCUT2D eigenvalue weighted by molar-refractivity contribution is 4.91. The molecule has 0 saturated carbocycles. The van der Waals surface area contributed by atoms with E-state index in [1.165, 1.54) is 0 Å². The fourth-order valence-electron chi connectivity index (χ4n) is 1.62. The van der Waals surface area contributed by atoms with Crippen LogP contribution in [-0.2, 0) is 4.74 Å². The molecule has 0 spiro atoms. The SMILES string of the molecule is [NH3+]CC[C@@H]1OC(CO)C(O)C(O)C1O. The summed E-state index contributed by atoms with van der Waals surface area (Å²) in [5.41, 5.74) is 3.61. The third-order valence-corrected chi connectivity index (χ3v) is 2.48. The molecule has 0 aromatic heterocycles. The predicted octanol–water partition coefficient (Wildman–Crippen LogP) is -3.54. The van der Waals surface area contributed by atoms with Crippen LogP contribution in [0.25, 0.3) is 0 Å². The van der Waals surface area contributed by atoms with E-state index in [0.717, 1.165) is 0 Å². The van der Waals surface area contributed by atoms with Crippen LogP contribution in [0.15, 0.2) is 0 Å². The molecule has 84 valence electrons. The minimum Gasteiger partial charge on any atom is -0.394 e. The fraction of sp³-hybridized carbons (Fsp3) is 1.00. The molecule has 1 fully saturated rings. The second-order valence-corrected chi connectivity index (χ2v) is 3.51. The summed E-state index contributed by atoms with van der Waals surface area (Å²) in [5.74, 6) is 0. The van der Waals surface area contributed by atoms with Crippen LogP contribution < -0.4 is 5.73 Å². The highest BCUT2D eigenvalue weighted by Gasteiger charge is 2.42. The van der Waals surface area contributed by atoms with Crippen molar-refractivity contribution in [3.05, 3.63) is 0 Å². The van der Waals surface area contributed by atoms with Crippen LogP contribution in [0.1, 0.15) is 6.42 Å². The first-order valence-corrected chi connectivity index (χ1v) is 4.71. The summed E-state index contributed by atoms with van der Waals surface area (Å²) in [6, 6.07) is 0. The normalized spacial score (nSPS) is 43.9. The quantitative estimate of drug-likeness (QED) is 0.329. The lowest BCUT2D eigenvalue weighted by Crippen LogP contribution is -2.61. The Morgan fingerprint density at radius 2 is 1.57 bits per heavy atom. The first kappa shape index (κ1) is 11.8. The number of ether oxygens (including phenoxy) is 1. The zero-order valence-electron chi connectivity index (χ0n) is 7.91. The smallest absolute Gasteiger partial charge is 0.111 e. The lowest BCUT2D eigenvalue weighted by atomic mass is 9.94. The van der Waals surface area contributed by atoms with Gasteiger partial charge in [-0.2, -0.15) is 0 Å². The third-order valence-electron chi connectivity index (χ3n) is 2.48. The number of hydrogen-bond acceptors (Lipinski definition) is 5. The largest absolute Gasteiger partial charge is 0.394 e. The lowest BCUT2D eigenvalue weighted by molar-refractivity contribution is -0.375. The maximum absolute atomic E-state index is 9.51. The summed E-state index contributed by atoms with van der Waals surface area (Å²) in [5, 5.41) is 37.2. The van der Waals surface area contributed by atoms with Gasteiger partial charge in [0.1, 0.15) is 24.4 Å². The van der Waals surface area contributed by atoms with Gasteiger partial charge >= 0.3 is 0 Å². The van der Waals surface area contributed by atoms with Gasteiger partial charge in [-0.1, -0.05) is 0 Å². The van der Waals surface area contributed by atoms with Gasteiger partial charge in [-0.25, -0.2) is 0 Å². The van der Waals surface area contributed by atoms with Gasteiger partial charge in [-0.15, -0.1) is 0 Å². The van der Waals surface area contributed by atoms with Gasteiger partial charge in [0.2, 0.25) is 0 Å². The minimum absolute atomic E-state index is 0.376. The van der Waals surface area contributed by atoms with Crippen molar-refractivity contribution in [2.24, 2.45) is 0 Å². The molecule has 0 aromatic carbocycles. The first-order valence-electron chi connectivity index (χ1n) is 4.71. The molecule has 1 rings (SSSR count). The standard InChI is InChI=1S/C8H17NO5/c9-2-1-4-6(11)8(13)7(12)5(3-10)14-4/h4-8,10-13H,1-3,9H2/p+1/t4-,5?,6?,7?,8?/m0/s1. The van der Waals surface area contributed by atoms with Crippen molar-refractivity contribution in [2.45, 2.75) is 36.9 Å². The molecule has 1 saturated heterocycles. The van der Waals surface area contributed by atoms with Gasteiger partial charge in [0, 0.05) is 6.42 Å². The highest BCUT2D eigenvalue weighted by Crippen LogP contribution is 2.22. The molecule has 0 radical (unpaired) electrons. The zero-order chi connectivity index (χ0) is 10.7. The Labute approximate surface area is 81.9 Å². The molecule has 0 bridgehead atoms. The van der Waals surface area contributed by atoms with E-state index in [-0.39, 0.29) is 6.61 Å². The van der Waals surface area contributed by atoms with Crippen LogP contribution >= 0.6 is 0 Å². The van der Waals surface area contributed by atoms with Crippen molar-refractivity contribution >= 4 is 0 Å². The van der Waals surface area contributed by atoms with E-state index in [1.807, 2.05) is 0 Å². The summed E-state index contributed by atoms with van der Waals surface area (Å²) in [6.45, 7) is 0.182. The van der Waals surface area contributed by atoms with Crippen molar-refractivity contribution in [1.29, 1.82) is 0 Å².